The first-order valence-corrected chi connectivity index (χ1v) is 15.5. The lowest BCUT2D eigenvalue weighted by Gasteiger charge is -2.29. The first-order chi connectivity index (χ1) is 19.8. The van der Waals surface area contributed by atoms with Gasteiger partial charge < -0.3 is 14.8 Å². The summed E-state index contributed by atoms with van der Waals surface area (Å²) in [5, 5.41) is 9.99. The standard InChI is InChI=1S/C30H27BrCl2N4O3S/c1-3-14-39-28(38)26-18(2)34-29-35-30(41-17-20-6-4-5-7-24(20)33)36-37(29)27(26)23-15-21(31)10-13-25(23)40-16-19-8-11-22(32)12-9-19/h4-13,15,27H,3,14,16-17H2,1-2H3,(H,34,35,36). The summed E-state index contributed by atoms with van der Waals surface area (Å²) >= 11 is 17.5. The van der Waals surface area contributed by atoms with Gasteiger partial charge in [-0.2, -0.15) is 4.98 Å². The molecule has 0 bridgehead atoms. The van der Waals surface area contributed by atoms with Gasteiger partial charge in [-0.25, -0.2) is 9.48 Å². The van der Waals surface area contributed by atoms with E-state index >= 15 is 0 Å². The van der Waals surface area contributed by atoms with E-state index < -0.39 is 12.0 Å². The Labute approximate surface area is 261 Å². The Morgan fingerprint density at radius 3 is 2.66 bits per heavy atom. The van der Waals surface area contributed by atoms with Crippen LogP contribution in [0.25, 0.3) is 0 Å². The summed E-state index contributed by atoms with van der Waals surface area (Å²) in [6, 6.07) is 20.3. The van der Waals surface area contributed by atoms with Crippen LogP contribution < -0.4 is 10.1 Å². The SMILES string of the molecule is CCCOC(=O)C1=C(C)Nc2nc(SCc3ccccc3Cl)nn2C1c1cc(Br)ccc1OCc1ccc(Cl)cc1. The van der Waals surface area contributed by atoms with E-state index in [0.29, 0.717) is 63.6 Å². The number of fused-ring (bicyclic) bond motifs is 1. The number of halogens is 3. The Hall–Kier alpha value is -2.98. The molecule has 1 aliphatic heterocycles. The second kappa shape index (κ2) is 13.3. The first-order valence-electron chi connectivity index (χ1n) is 13.0. The number of anilines is 1. The molecule has 11 heteroatoms. The second-order valence-electron chi connectivity index (χ2n) is 9.34. The number of benzene rings is 3. The van der Waals surface area contributed by atoms with Gasteiger partial charge >= 0.3 is 5.97 Å². The smallest absolute Gasteiger partial charge is 0.338 e. The third-order valence-electron chi connectivity index (χ3n) is 6.38. The molecule has 1 N–H and O–H groups in total. The van der Waals surface area contributed by atoms with Crippen LogP contribution in [0.15, 0.2) is 87.6 Å². The number of aromatic nitrogens is 3. The van der Waals surface area contributed by atoms with Crippen molar-refractivity contribution in [3.05, 3.63) is 109 Å². The molecule has 5 rings (SSSR count). The summed E-state index contributed by atoms with van der Waals surface area (Å²) in [6.07, 6.45) is 0.708. The lowest BCUT2D eigenvalue weighted by Crippen LogP contribution is -2.30. The molecule has 1 aliphatic rings. The van der Waals surface area contributed by atoms with E-state index in [1.165, 1.54) is 11.8 Å². The molecule has 0 aliphatic carbocycles. The zero-order valence-electron chi connectivity index (χ0n) is 22.4. The summed E-state index contributed by atoms with van der Waals surface area (Å²) in [6.45, 7) is 4.43. The Kier molecular flexibility index (Phi) is 9.60. The van der Waals surface area contributed by atoms with E-state index in [-0.39, 0.29) is 0 Å². The maximum atomic E-state index is 13.5. The van der Waals surface area contributed by atoms with Crippen LogP contribution >= 0.6 is 50.9 Å². The van der Waals surface area contributed by atoms with Crippen molar-refractivity contribution in [2.75, 3.05) is 11.9 Å². The van der Waals surface area contributed by atoms with E-state index in [1.807, 2.05) is 80.6 Å². The molecule has 0 amide bonds. The number of nitrogens with one attached hydrogen (secondary N) is 1. The average molecular weight is 674 g/mol. The van der Waals surface area contributed by atoms with Gasteiger partial charge in [-0.1, -0.05) is 88.1 Å². The molecule has 4 aromatic rings. The third kappa shape index (κ3) is 6.92. The largest absolute Gasteiger partial charge is 0.489 e. The highest BCUT2D eigenvalue weighted by Gasteiger charge is 2.37. The maximum Gasteiger partial charge on any atom is 0.338 e. The molecule has 0 saturated carbocycles. The number of esters is 1. The summed E-state index contributed by atoms with van der Waals surface area (Å²) < 4.78 is 14.5. The number of carbonyl (C=O) groups is 1. The minimum absolute atomic E-state index is 0.309. The fraction of sp³-hybridized carbons (Fsp3) is 0.233. The van der Waals surface area contributed by atoms with Gasteiger partial charge in [-0.05, 0) is 60.9 Å². The molecule has 2 heterocycles. The van der Waals surface area contributed by atoms with Crippen molar-refractivity contribution >= 4 is 62.8 Å². The van der Waals surface area contributed by atoms with Crippen LogP contribution in [-0.2, 0) is 21.9 Å². The van der Waals surface area contributed by atoms with Crippen molar-refractivity contribution in [2.45, 2.75) is 43.8 Å². The van der Waals surface area contributed by atoms with Crippen LogP contribution in [0.2, 0.25) is 10.0 Å². The minimum atomic E-state index is -0.643. The highest BCUT2D eigenvalue weighted by molar-refractivity contribution is 9.10. The number of hydrogen-bond acceptors (Lipinski definition) is 7. The van der Waals surface area contributed by atoms with E-state index in [1.54, 1.807) is 4.68 Å². The number of ether oxygens (including phenoxy) is 2. The first kappa shape index (κ1) is 29.5. The van der Waals surface area contributed by atoms with Gasteiger partial charge in [0, 0.05) is 31.5 Å². The Morgan fingerprint density at radius 1 is 1.12 bits per heavy atom. The Morgan fingerprint density at radius 2 is 1.90 bits per heavy atom. The number of carbonyl (C=O) groups excluding carboxylic acids is 1. The minimum Gasteiger partial charge on any atom is -0.489 e. The number of allylic oxidation sites excluding steroid dienone is 1. The van der Waals surface area contributed by atoms with Gasteiger partial charge in [0.05, 0.1) is 12.2 Å². The number of nitrogens with zero attached hydrogens (tertiary/aromatic N) is 3. The maximum absolute atomic E-state index is 13.5. The van der Waals surface area contributed by atoms with Crippen molar-refractivity contribution in [1.82, 2.24) is 14.8 Å². The molecule has 0 fully saturated rings. The molecule has 1 unspecified atom stereocenters. The summed E-state index contributed by atoms with van der Waals surface area (Å²) in [4.78, 5) is 18.2. The average Bonchev–Trinajstić information content (AvgIpc) is 3.37. The van der Waals surface area contributed by atoms with Crippen molar-refractivity contribution in [2.24, 2.45) is 0 Å². The fourth-order valence-corrected chi connectivity index (χ4v) is 6.00. The van der Waals surface area contributed by atoms with E-state index in [0.717, 1.165) is 21.2 Å². The van der Waals surface area contributed by atoms with Crippen LogP contribution in [0.5, 0.6) is 5.75 Å². The van der Waals surface area contributed by atoms with Crippen LogP contribution in [0.3, 0.4) is 0 Å². The number of hydrogen-bond donors (Lipinski definition) is 1. The lowest BCUT2D eigenvalue weighted by molar-refractivity contribution is -0.139. The topological polar surface area (TPSA) is 78.3 Å². The van der Waals surface area contributed by atoms with Crippen molar-refractivity contribution in [1.29, 1.82) is 0 Å². The van der Waals surface area contributed by atoms with Crippen LogP contribution in [0.1, 0.15) is 43.0 Å². The highest BCUT2D eigenvalue weighted by atomic mass is 79.9. The summed E-state index contributed by atoms with van der Waals surface area (Å²) in [5.74, 6) is 1.30. The number of thioether (sulfide) groups is 1. The summed E-state index contributed by atoms with van der Waals surface area (Å²) in [5.41, 5.74) is 3.77. The molecular weight excluding hydrogens is 647 g/mol. The van der Waals surface area contributed by atoms with Gasteiger partial charge in [0.15, 0.2) is 0 Å². The Balaban J connectivity index is 1.53. The molecule has 7 nitrogen and oxygen atoms in total. The predicted octanol–water partition coefficient (Wildman–Crippen LogP) is 8.46. The van der Waals surface area contributed by atoms with Crippen molar-refractivity contribution in [3.63, 3.8) is 0 Å². The molecule has 0 radical (unpaired) electrons. The monoisotopic (exact) mass is 672 g/mol. The second-order valence-corrected chi connectivity index (χ2v) is 12.0. The quantitative estimate of drug-likeness (QED) is 0.134. The van der Waals surface area contributed by atoms with Crippen LogP contribution in [0, 0.1) is 0 Å². The van der Waals surface area contributed by atoms with Crippen molar-refractivity contribution < 1.29 is 14.3 Å². The van der Waals surface area contributed by atoms with Gasteiger partial charge in [-0.3, -0.25) is 0 Å². The lowest BCUT2D eigenvalue weighted by atomic mass is 9.95. The zero-order valence-corrected chi connectivity index (χ0v) is 26.3. The number of rotatable bonds is 10. The molecular formula is C30H27BrCl2N4O3S. The van der Waals surface area contributed by atoms with Gasteiger partial charge in [0.2, 0.25) is 11.1 Å². The molecule has 1 aromatic heterocycles. The zero-order chi connectivity index (χ0) is 28.9. The molecule has 41 heavy (non-hydrogen) atoms. The van der Waals surface area contributed by atoms with Gasteiger partial charge in [-0.15, -0.1) is 5.10 Å². The summed E-state index contributed by atoms with van der Waals surface area (Å²) in [7, 11) is 0. The van der Waals surface area contributed by atoms with Crippen molar-refractivity contribution in [3.8, 4) is 5.75 Å². The van der Waals surface area contributed by atoms with E-state index in [2.05, 4.69) is 21.2 Å². The fourth-order valence-electron chi connectivity index (χ4n) is 4.38. The van der Waals surface area contributed by atoms with E-state index in [4.69, 9.17) is 42.8 Å². The molecule has 1 atom stereocenters. The molecule has 212 valence electrons. The van der Waals surface area contributed by atoms with Gasteiger partial charge in [0.1, 0.15) is 18.4 Å². The third-order valence-corrected chi connectivity index (χ3v) is 8.38. The predicted molar refractivity (Wildman–Crippen MR) is 167 cm³/mol. The molecule has 0 spiro atoms. The van der Waals surface area contributed by atoms with E-state index in [9.17, 15) is 4.79 Å². The van der Waals surface area contributed by atoms with Gasteiger partial charge in [0.25, 0.3) is 0 Å². The molecule has 3 aromatic carbocycles. The van der Waals surface area contributed by atoms with Crippen LogP contribution in [-0.4, -0.2) is 27.3 Å². The normalized spacial score (nSPS) is 14.4. The highest BCUT2D eigenvalue weighted by Crippen LogP contribution is 2.42. The van der Waals surface area contributed by atoms with Crippen LogP contribution in [0.4, 0.5) is 5.95 Å². The molecule has 0 saturated heterocycles. The Bertz CT molecular complexity index is 1590.